The minimum Gasteiger partial charge on any atom is -0.376 e. The Hall–Kier alpha value is -2.45. The van der Waals surface area contributed by atoms with Gasteiger partial charge in [-0.3, -0.25) is 10.1 Å². The van der Waals surface area contributed by atoms with Crippen molar-refractivity contribution in [2.45, 2.75) is 30.3 Å². The Labute approximate surface area is 159 Å². The predicted molar refractivity (Wildman–Crippen MR) is 104 cm³/mol. The molecular weight excluding hydrogens is 366 g/mol. The molecular formula is C19H24N3O4S+. The molecule has 0 saturated carbocycles. The predicted octanol–water partition coefficient (Wildman–Crippen LogP) is 1.66. The summed E-state index contributed by atoms with van der Waals surface area (Å²) in [7, 11) is -3.48. The number of likely N-dealkylation sites (tertiary alicyclic amines) is 1. The molecule has 8 heteroatoms. The highest BCUT2D eigenvalue weighted by atomic mass is 32.2. The molecule has 27 heavy (non-hydrogen) atoms. The molecule has 0 radical (unpaired) electrons. The molecule has 1 aliphatic heterocycles. The minimum absolute atomic E-state index is 0.0399. The van der Waals surface area contributed by atoms with E-state index in [2.05, 4.69) is 17.4 Å². The first-order valence-electron chi connectivity index (χ1n) is 8.95. The molecule has 2 aromatic carbocycles. The van der Waals surface area contributed by atoms with Gasteiger partial charge in [0.2, 0.25) is 0 Å². The molecule has 7 nitrogen and oxygen atoms in total. The van der Waals surface area contributed by atoms with Gasteiger partial charge in [0.05, 0.1) is 22.9 Å². The summed E-state index contributed by atoms with van der Waals surface area (Å²) in [6.07, 6.45) is 2.87. The number of nitro groups is 1. The third kappa shape index (κ3) is 5.05. The van der Waals surface area contributed by atoms with Crippen LogP contribution in [0.3, 0.4) is 0 Å². The van der Waals surface area contributed by atoms with Crippen molar-refractivity contribution < 1.29 is 18.2 Å². The summed E-state index contributed by atoms with van der Waals surface area (Å²) >= 11 is 0. The van der Waals surface area contributed by atoms with E-state index >= 15 is 0 Å². The average Bonchev–Trinajstić information content (AvgIpc) is 2.63. The highest BCUT2D eigenvalue weighted by molar-refractivity contribution is 7.90. The van der Waals surface area contributed by atoms with Gasteiger partial charge in [-0.25, -0.2) is 8.42 Å². The number of rotatable bonds is 6. The second kappa shape index (κ2) is 8.06. The molecule has 0 unspecified atom stereocenters. The fraction of sp³-hybridized carbons (Fsp3) is 0.368. The number of nitrogens with one attached hydrogen (secondary N) is 2. The number of piperidine rings is 1. The van der Waals surface area contributed by atoms with Crippen LogP contribution in [-0.4, -0.2) is 38.7 Å². The third-order valence-electron chi connectivity index (χ3n) is 4.94. The lowest BCUT2D eigenvalue weighted by molar-refractivity contribution is -0.918. The van der Waals surface area contributed by atoms with E-state index < -0.39 is 14.8 Å². The van der Waals surface area contributed by atoms with E-state index in [1.54, 1.807) is 0 Å². The van der Waals surface area contributed by atoms with Crippen molar-refractivity contribution >= 4 is 21.2 Å². The minimum atomic E-state index is -3.48. The van der Waals surface area contributed by atoms with Crippen LogP contribution in [0.2, 0.25) is 0 Å². The van der Waals surface area contributed by atoms with E-state index in [-0.39, 0.29) is 16.6 Å². The smallest absolute Gasteiger partial charge is 0.293 e. The van der Waals surface area contributed by atoms with Gasteiger partial charge in [0.25, 0.3) is 5.69 Å². The van der Waals surface area contributed by atoms with Crippen LogP contribution in [0.15, 0.2) is 53.4 Å². The zero-order valence-corrected chi connectivity index (χ0v) is 16.0. The first kappa shape index (κ1) is 19.3. The van der Waals surface area contributed by atoms with Gasteiger partial charge in [-0.1, -0.05) is 30.3 Å². The summed E-state index contributed by atoms with van der Waals surface area (Å²) in [6.45, 7) is 2.96. The quantitative estimate of drug-likeness (QED) is 0.578. The first-order chi connectivity index (χ1) is 12.8. The normalized spacial score (nSPS) is 20.2. The molecule has 0 atom stereocenters. The number of nitro benzene ring substituents is 1. The summed E-state index contributed by atoms with van der Waals surface area (Å²) < 4.78 is 23.3. The van der Waals surface area contributed by atoms with Crippen molar-refractivity contribution in [1.29, 1.82) is 0 Å². The molecule has 0 amide bonds. The summed E-state index contributed by atoms with van der Waals surface area (Å²) in [6, 6.07) is 14.5. The Morgan fingerprint density at radius 1 is 1.15 bits per heavy atom. The lowest BCUT2D eigenvalue weighted by Gasteiger charge is -2.30. The molecule has 1 heterocycles. The lowest BCUT2D eigenvalue weighted by Crippen LogP contribution is -3.12. The van der Waals surface area contributed by atoms with E-state index in [4.69, 9.17) is 0 Å². The van der Waals surface area contributed by atoms with Crippen molar-refractivity contribution in [3.8, 4) is 0 Å². The average molecular weight is 390 g/mol. The molecule has 0 aliphatic carbocycles. The molecule has 1 fully saturated rings. The van der Waals surface area contributed by atoms with Crippen LogP contribution < -0.4 is 10.2 Å². The number of quaternary nitrogens is 1. The number of sulfone groups is 1. The van der Waals surface area contributed by atoms with Gasteiger partial charge < -0.3 is 10.2 Å². The van der Waals surface area contributed by atoms with Gasteiger partial charge in [-0.15, -0.1) is 0 Å². The van der Waals surface area contributed by atoms with E-state index in [0.717, 1.165) is 44.8 Å². The molecule has 1 saturated heterocycles. The lowest BCUT2D eigenvalue weighted by atomic mass is 10.0. The fourth-order valence-corrected chi connectivity index (χ4v) is 4.11. The summed E-state index contributed by atoms with van der Waals surface area (Å²) in [5.41, 5.74) is 1.49. The molecule has 3 rings (SSSR count). The highest BCUT2D eigenvalue weighted by Crippen LogP contribution is 2.29. The van der Waals surface area contributed by atoms with Gasteiger partial charge in [-0.2, -0.15) is 0 Å². The van der Waals surface area contributed by atoms with Crippen molar-refractivity contribution in [3.05, 3.63) is 64.2 Å². The summed E-state index contributed by atoms with van der Waals surface area (Å²) in [4.78, 5) is 12.3. The second-order valence-corrected chi connectivity index (χ2v) is 9.05. The van der Waals surface area contributed by atoms with Gasteiger partial charge >= 0.3 is 0 Å². The molecule has 0 spiro atoms. The second-order valence-electron chi connectivity index (χ2n) is 7.04. The molecule has 2 aromatic rings. The zero-order chi connectivity index (χ0) is 19.4. The van der Waals surface area contributed by atoms with Gasteiger partial charge in [-0.05, 0) is 12.1 Å². The number of nitrogens with zero attached hydrogens (tertiary/aromatic N) is 1. The maximum absolute atomic E-state index is 11.6. The van der Waals surface area contributed by atoms with Crippen LogP contribution in [0.1, 0.15) is 18.4 Å². The standard InChI is InChI=1S/C19H23N3O4S/c1-27(25,26)17-7-8-18(19(13-17)22(23)24)20-16-9-11-21(12-10-16)14-15-5-3-2-4-6-15/h2-8,13,16,20H,9-12,14H2,1H3/p+1. The van der Waals surface area contributed by atoms with Crippen molar-refractivity contribution in [3.63, 3.8) is 0 Å². The van der Waals surface area contributed by atoms with Gasteiger partial charge in [0.15, 0.2) is 9.84 Å². The van der Waals surface area contributed by atoms with Crippen LogP contribution in [-0.2, 0) is 16.4 Å². The Balaban J connectivity index is 1.64. The number of hydrogen-bond acceptors (Lipinski definition) is 5. The highest BCUT2D eigenvalue weighted by Gasteiger charge is 2.25. The first-order valence-corrected chi connectivity index (χ1v) is 10.8. The Morgan fingerprint density at radius 2 is 1.81 bits per heavy atom. The molecule has 0 bridgehead atoms. The Kier molecular flexibility index (Phi) is 5.76. The summed E-state index contributed by atoms with van der Waals surface area (Å²) in [5.74, 6) is 0. The van der Waals surface area contributed by atoms with Crippen molar-refractivity contribution in [1.82, 2.24) is 0 Å². The fourth-order valence-electron chi connectivity index (χ4n) is 3.47. The summed E-state index contributed by atoms with van der Waals surface area (Å²) in [5, 5.41) is 14.6. The monoisotopic (exact) mass is 390 g/mol. The SMILES string of the molecule is CS(=O)(=O)c1ccc(NC2CC[NH+](Cc3ccccc3)CC2)c([N+](=O)[O-])c1. The van der Waals surface area contributed by atoms with Crippen LogP contribution in [0, 0.1) is 10.1 Å². The number of anilines is 1. The largest absolute Gasteiger partial charge is 0.376 e. The molecule has 0 aromatic heterocycles. The molecule has 1 aliphatic rings. The van der Waals surface area contributed by atoms with Crippen LogP contribution in [0.4, 0.5) is 11.4 Å². The van der Waals surface area contributed by atoms with Crippen molar-refractivity contribution in [2.24, 2.45) is 0 Å². The van der Waals surface area contributed by atoms with Crippen LogP contribution in [0.5, 0.6) is 0 Å². The number of hydrogen-bond donors (Lipinski definition) is 2. The van der Waals surface area contributed by atoms with E-state index in [1.165, 1.54) is 22.6 Å². The topological polar surface area (TPSA) is 93.8 Å². The van der Waals surface area contributed by atoms with Crippen molar-refractivity contribution in [2.75, 3.05) is 24.7 Å². The number of benzene rings is 2. The van der Waals surface area contributed by atoms with Crippen LogP contribution >= 0.6 is 0 Å². The molecule has 2 N–H and O–H groups in total. The van der Waals surface area contributed by atoms with Gasteiger partial charge in [0, 0.05) is 36.8 Å². The zero-order valence-electron chi connectivity index (χ0n) is 15.2. The van der Waals surface area contributed by atoms with Crippen LogP contribution in [0.25, 0.3) is 0 Å². The van der Waals surface area contributed by atoms with E-state index in [0.29, 0.717) is 5.69 Å². The molecule has 144 valence electrons. The van der Waals surface area contributed by atoms with Gasteiger partial charge in [0.1, 0.15) is 12.2 Å². The van der Waals surface area contributed by atoms with E-state index in [1.807, 2.05) is 18.2 Å². The Bertz CT molecular complexity index is 908. The maximum Gasteiger partial charge on any atom is 0.293 e. The van der Waals surface area contributed by atoms with E-state index in [9.17, 15) is 18.5 Å². The maximum atomic E-state index is 11.6. The third-order valence-corrected chi connectivity index (χ3v) is 6.05. The Morgan fingerprint density at radius 3 is 2.41 bits per heavy atom.